The van der Waals surface area contributed by atoms with E-state index in [4.69, 9.17) is 15.0 Å². The summed E-state index contributed by atoms with van der Waals surface area (Å²) < 4.78 is 2.15. The largest absolute Gasteiger partial charge is 0.278 e. The minimum absolute atomic E-state index is 0.563. The van der Waals surface area contributed by atoms with Crippen LogP contribution in [0.4, 0.5) is 0 Å². The van der Waals surface area contributed by atoms with Crippen molar-refractivity contribution in [1.82, 2.24) is 19.5 Å². The highest BCUT2D eigenvalue weighted by molar-refractivity contribution is 5.90. The van der Waals surface area contributed by atoms with Gasteiger partial charge in [0.15, 0.2) is 11.6 Å². The van der Waals surface area contributed by atoms with Gasteiger partial charge in [0.05, 0.1) is 11.2 Å². The number of hydrogen-bond acceptors (Lipinski definition) is 3. The van der Waals surface area contributed by atoms with Crippen molar-refractivity contribution in [3.63, 3.8) is 0 Å². The zero-order valence-corrected chi connectivity index (χ0v) is 19.4. The van der Waals surface area contributed by atoms with E-state index in [0.29, 0.717) is 17.6 Å². The standard InChI is InChI=1S/C29H28N4/c1-6-13-21(8-3)27-30-28(22-15-11-10-12-16-22)32-29(31-27)33-25(14-7-2)23(9-4)24-18-17-20(5)19-26(24)33/h6-8,10-19H,1,3,9H2,2,4-5H3/b14-7-,21-13+. The zero-order valence-electron chi connectivity index (χ0n) is 19.4. The summed E-state index contributed by atoms with van der Waals surface area (Å²) in [5.74, 6) is 1.76. The van der Waals surface area contributed by atoms with Crippen molar-refractivity contribution in [2.24, 2.45) is 0 Å². The summed E-state index contributed by atoms with van der Waals surface area (Å²) in [6, 6.07) is 16.5. The van der Waals surface area contributed by atoms with E-state index < -0.39 is 0 Å². The van der Waals surface area contributed by atoms with E-state index in [2.05, 4.69) is 61.9 Å². The number of aromatic nitrogens is 4. The Balaban J connectivity index is 2.12. The van der Waals surface area contributed by atoms with Crippen LogP contribution < -0.4 is 0 Å². The molecule has 2 aromatic heterocycles. The molecule has 0 spiro atoms. The first-order valence-electron chi connectivity index (χ1n) is 11.1. The average Bonchev–Trinajstić information content (AvgIpc) is 3.15. The molecule has 0 bridgehead atoms. The molecular formula is C29H28N4. The quantitative estimate of drug-likeness (QED) is 0.291. The second-order valence-corrected chi connectivity index (χ2v) is 7.78. The third kappa shape index (κ3) is 4.20. The first kappa shape index (κ1) is 22.2. The van der Waals surface area contributed by atoms with Crippen LogP contribution in [0.25, 0.3) is 39.9 Å². The number of allylic oxidation sites excluding steroid dienone is 5. The molecule has 2 aromatic carbocycles. The van der Waals surface area contributed by atoms with E-state index in [9.17, 15) is 0 Å². The van der Waals surface area contributed by atoms with E-state index >= 15 is 0 Å². The van der Waals surface area contributed by atoms with Gasteiger partial charge in [-0.1, -0.05) is 86.9 Å². The Morgan fingerprint density at radius 3 is 2.48 bits per heavy atom. The lowest BCUT2D eigenvalue weighted by Crippen LogP contribution is -2.09. The summed E-state index contributed by atoms with van der Waals surface area (Å²) in [6.45, 7) is 14.1. The molecule has 2 heterocycles. The molecule has 33 heavy (non-hydrogen) atoms. The SMILES string of the molecule is C=C/C=C(\C=C)c1nc(-c2ccccc2)nc(-n2c(/C=C\C)c(CC)c3ccc(C)cc32)n1. The Hall–Kier alpha value is -4.05. The highest BCUT2D eigenvalue weighted by Crippen LogP contribution is 2.32. The number of aryl methyl sites for hydroxylation is 2. The second-order valence-electron chi connectivity index (χ2n) is 7.78. The summed E-state index contributed by atoms with van der Waals surface area (Å²) in [5.41, 5.74) is 6.36. The third-order valence-electron chi connectivity index (χ3n) is 5.58. The van der Waals surface area contributed by atoms with Crippen LogP contribution in [-0.4, -0.2) is 19.5 Å². The van der Waals surface area contributed by atoms with Gasteiger partial charge in [-0.15, -0.1) is 0 Å². The predicted molar refractivity (Wildman–Crippen MR) is 139 cm³/mol. The smallest absolute Gasteiger partial charge is 0.238 e. The molecule has 4 rings (SSSR count). The van der Waals surface area contributed by atoms with Crippen LogP contribution in [0.1, 0.15) is 36.5 Å². The van der Waals surface area contributed by atoms with Crippen LogP contribution >= 0.6 is 0 Å². The fourth-order valence-corrected chi connectivity index (χ4v) is 4.08. The number of rotatable bonds is 7. The maximum absolute atomic E-state index is 4.94. The summed E-state index contributed by atoms with van der Waals surface area (Å²) >= 11 is 0. The molecule has 0 aliphatic carbocycles. The molecule has 0 atom stereocenters. The van der Waals surface area contributed by atoms with E-state index in [1.54, 1.807) is 12.2 Å². The third-order valence-corrected chi connectivity index (χ3v) is 5.58. The molecule has 0 fully saturated rings. The molecule has 0 saturated heterocycles. The molecule has 0 aliphatic heterocycles. The monoisotopic (exact) mass is 432 g/mol. The fourth-order valence-electron chi connectivity index (χ4n) is 4.08. The van der Waals surface area contributed by atoms with Crippen LogP contribution in [0.5, 0.6) is 0 Å². The molecule has 0 saturated carbocycles. The number of hydrogen-bond donors (Lipinski definition) is 0. The summed E-state index contributed by atoms with van der Waals surface area (Å²) in [7, 11) is 0. The Kier molecular flexibility index (Phi) is 6.45. The van der Waals surface area contributed by atoms with Crippen LogP contribution in [0.15, 0.2) is 86.0 Å². The maximum atomic E-state index is 4.94. The molecule has 4 heteroatoms. The maximum Gasteiger partial charge on any atom is 0.238 e. The normalized spacial score (nSPS) is 11.9. The van der Waals surface area contributed by atoms with Crippen molar-refractivity contribution < 1.29 is 0 Å². The molecule has 164 valence electrons. The number of benzene rings is 2. The van der Waals surface area contributed by atoms with Gasteiger partial charge in [-0.05, 0) is 43.5 Å². The number of nitrogens with zero attached hydrogens (tertiary/aromatic N) is 4. The molecular weight excluding hydrogens is 404 g/mol. The van der Waals surface area contributed by atoms with Gasteiger partial charge < -0.3 is 0 Å². The van der Waals surface area contributed by atoms with Crippen LogP contribution in [0, 0.1) is 6.92 Å². The van der Waals surface area contributed by atoms with Gasteiger partial charge in [0.25, 0.3) is 0 Å². The van der Waals surface area contributed by atoms with Gasteiger partial charge in [0.2, 0.25) is 5.95 Å². The van der Waals surface area contributed by atoms with Gasteiger partial charge in [-0.25, -0.2) is 4.98 Å². The van der Waals surface area contributed by atoms with Gasteiger partial charge in [0.1, 0.15) is 0 Å². The Morgan fingerprint density at radius 1 is 1.03 bits per heavy atom. The van der Waals surface area contributed by atoms with E-state index in [-0.39, 0.29) is 0 Å². The molecule has 0 radical (unpaired) electrons. The second kappa shape index (κ2) is 9.61. The molecule has 4 aromatic rings. The first-order valence-corrected chi connectivity index (χ1v) is 11.1. The summed E-state index contributed by atoms with van der Waals surface area (Å²) in [4.78, 5) is 14.6. The van der Waals surface area contributed by atoms with E-state index in [1.165, 1.54) is 16.5 Å². The van der Waals surface area contributed by atoms with Crippen molar-refractivity contribution in [2.75, 3.05) is 0 Å². The lowest BCUT2D eigenvalue weighted by Gasteiger charge is -2.12. The average molecular weight is 433 g/mol. The molecule has 0 amide bonds. The lowest BCUT2D eigenvalue weighted by atomic mass is 10.1. The Morgan fingerprint density at radius 2 is 1.82 bits per heavy atom. The van der Waals surface area contributed by atoms with Crippen molar-refractivity contribution >= 4 is 22.6 Å². The lowest BCUT2D eigenvalue weighted by molar-refractivity contribution is 0.902. The van der Waals surface area contributed by atoms with E-state index in [1.807, 2.05) is 43.3 Å². The van der Waals surface area contributed by atoms with Crippen LogP contribution in [0.3, 0.4) is 0 Å². The van der Waals surface area contributed by atoms with Crippen molar-refractivity contribution in [3.05, 3.63) is 109 Å². The minimum Gasteiger partial charge on any atom is -0.278 e. The van der Waals surface area contributed by atoms with Crippen LogP contribution in [-0.2, 0) is 6.42 Å². The predicted octanol–water partition coefficient (Wildman–Crippen LogP) is 7.14. The molecule has 0 N–H and O–H groups in total. The van der Waals surface area contributed by atoms with Gasteiger partial charge in [0, 0.05) is 16.5 Å². The molecule has 4 nitrogen and oxygen atoms in total. The topological polar surface area (TPSA) is 43.6 Å². The molecule has 0 aliphatic rings. The summed E-state index contributed by atoms with van der Waals surface area (Å²) in [6.07, 6.45) is 10.4. The minimum atomic E-state index is 0.563. The van der Waals surface area contributed by atoms with Crippen molar-refractivity contribution in [2.45, 2.75) is 27.2 Å². The molecule has 0 unspecified atom stereocenters. The highest BCUT2D eigenvalue weighted by atomic mass is 15.2. The van der Waals surface area contributed by atoms with Crippen molar-refractivity contribution in [1.29, 1.82) is 0 Å². The highest BCUT2D eigenvalue weighted by Gasteiger charge is 2.20. The number of fused-ring (bicyclic) bond motifs is 1. The van der Waals surface area contributed by atoms with Gasteiger partial charge in [-0.2, -0.15) is 9.97 Å². The van der Waals surface area contributed by atoms with Gasteiger partial charge >= 0.3 is 0 Å². The Labute approximate surface area is 195 Å². The summed E-state index contributed by atoms with van der Waals surface area (Å²) in [5, 5.41) is 1.21. The van der Waals surface area contributed by atoms with Crippen LogP contribution in [0.2, 0.25) is 0 Å². The fraction of sp³-hybridized carbons (Fsp3) is 0.138. The van der Waals surface area contributed by atoms with Gasteiger partial charge in [-0.3, -0.25) is 4.57 Å². The van der Waals surface area contributed by atoms with E-state index in [0.717, 1.165) is 28.8 Å². The Bertz CT molecular complexity index is 1390. The van der Waals surface area contributed by atoms with Crippen molar-refractivity contribution in [3.8, 4) is 17.3 Å². The first-order chi connectivity index (χ1) is 16.1. The zero-order chi connectivity index (χ0) is 23.4.